The van der Waals surface area contributed by atoms with Gasteiger partial charge in [-0.25, -0.2) is 16.8 Å². The molecule has 4 rings (SSSR count). The molecular formula is C23H22ClN3O6S2. The van der Waals surface area contributed by atoms with Crippen molar-refractivity contribution in [2.45, 2.75) is 17.9 Å². The van der Waals surface area contributed by atoms with Crippen LogP contribution in [-0.2, 0) is 24.8 Å². The second-order valence-corrected chi connectivity index (χ2v) is 12.0. The quantitative estimate of drug-likeness (QED) is 0.497. The number of hydrogen-bond donors (Lipinski definition) is 2. The lowest BCUT2D eigenvalue weighted by Crippen LogP contribution is -2.48. The van der Waals surface area contributed by atoms with Crippen molar-refractivity contribution in [3.05, 3.63) is 77.3 Å². The first kappa shape index (κ1) is 24.8. The monoisotopic (exact) mass is 535 g/mol. The fourth-order valence-corrected chi connectivity index (χ4v) is 5.71. The summed E-state index contributed by atoms with van der Waals surface area (Å²) in [6, 6.07) is 17.1. The molecule has 0 saturated carbocycles. The summed E-state index contributed by atoms with van der Waals surface area (Å²) in [7, 11) is -7.54. The van der Waals surface area contributed by atoms with Gasteiger partial charge in [-0.05, 0) is 61.0 Å². The van der Waals surface area contributed by atoms with E-state index >= 15 is 0 Å². The Labute approximate surface area is 208 Å². The van der Waals surface area contributed by atoms with Gasteiger partial charge in [0.2, 0.25) is 10.0 Å². The van der Waals surface area contributed by atoms with E-state index in [0.29, 0.717) is 16.4 Å². The highest BCUT2D eigenvalue weighted by Crippen LogP contribution is 2.37. The second-order valence-electron chi connectivity index (χ2n) is 7.95. The fraction of sp³-hybridized carbons (Fsp3) is 0.174. The van der Waals surface area contributed by atoms with Crippen LogP contribution < -0.4 is 19.1 Å². The topological polar surface area (TPSA) is 122 Å². The first-order valence-corrected chi connectivity index (χ1v) is 14.1. The summed E-state index contributed by atoms with van der Waals surface area (Å²) in [5.74, 6) is -0.386. The predicted octanol–water partition coefficient (Wildman–Crippen LogP) is 3.61. The van der Waals surface area contributed by atoms with Crippen LogP contribution in [0.25, 0.3) is 0 Å². The smallest absolute Gasteiger partial charge is 0.267 e. The van der Waals surface area contributed by atoms with Crippen LogP contribution in [0.2, 0.25) is 5.02 Å². The molecule has 0 saturated heterocycles. The number of aryl methyl sites for hydroxylation is 1. The van der Waals surface area contributed by atoms with Gasteiger partial charge < -0.3 is 10.1 Å². The van der Waals surface area contributed by atoms with Gasteiger partial charge >= 0.3 is 0 Å². The Kier molecular flexibility index (Phi) is 6.67. The number of para-hydroxylation sites is 1. The van der Waals surface area contributed by atoms with Gasteiger partial charge in [0.05, 0.1) is 29.1 Å². The van der Waals surface area contributed by atoms with Crippen LogP contribution in [0.3, 0.4) is 0 Å². The first-order chi connectivity index (χ1) is 16.4. The first-order valence-electron chi connectivity index (χ1n) is 10.4. The Balaban J connectivity index is 1.49. The number of carbonyl (C=O) groups is 1. The van der Waals surface area contributed by atoms with Gasteiger partial charge in [-0.15, -0.1) is 0 Å². The molecule has 1 heterocycles. The number of anilines is 3. The van der Waals surface area contributed by atoms with Crippen LogP contribution in [0.4, 0.5) is 17.1 Å². The highest BCUT2D eigenvalue weighted by atomic mass is 35.5. The summed E-state index contributed by atoms with van der Waals surface area (Å²) in [5.41, 5.74) is 1.82. The molecule has 35 heavy (non-hydrogen) atoms. The van der Waals surface area contributed by atoms with E-state index in [4.69, 9.17) is 16.3 Å². The molecular weight excluding hydrogens is 514 g/mol. The summed E-state index contributed by atoms with van der Waals surface area (Å²) in [4.78, 5) is 12.9. The van der Waals surface area contributed by atoms with Crippen LogP contribution >= 0.6 is 11.6 Å². The summed E-state index contributed by atoms with van der Waals surface area (Å²) >= 11 is 5.99. The number of nitrogens with zero attached hydrogens (tertiary/aromatic N) is 1. The standard InChI is InChI=1S/C23H22ClN3O6S2/c1-15-5-3-4-6-19(15)26-35(31,32)18-10-8-17(9-11-18)25-23(28)22-14-27(34(2,29)30)20-13-16(24)7-12-21(20)33-22/h3-13,22,26H,14H2,1-2H3,(H,25,28). The van der Waals surface area contributed by atoms with Gasteiger partial charge in [0.15, 0.2) is 6.10 Å². The molecule has 1 aliphatic rings. The number of halogens is 1. The zero-order valence-electron chi connectivity index (χ0n) is 18.7. The Bertz CT molecular complexity index is 1490. The minimum Gasteiger partial charge on any atom is -0.476 e. The van der Waals surface area contributed by atoms with E-state index in [2.05, 4.69) is 10.0 Å². The molecule has 1 unspecified atom stereocenters. The largest absolute Gasteiger partial charge is 0.476 e. The number of carbonyl (C=O) groups excluding carboxylic acids is 1. The molecule has 2 N–H and O–H groups in total. The highest BCUT2D eigenvalue weighted by Gasteiger charge is 2.35. The number of benzene rings is 3. The van der Waals surface area contributed by atoms with E-state index in [1.165, 1.54) is 42.5 Å². The van der Waals surface area contributed by atoms with Crippen molar-refractivity contribution >= 4 is 54.6 Å². The predicted molar refractivity (Wildman–Crippen MR) is 135 cm³/mol. The molecule has 9 nitrogen and oxygen atoms in total. The summed E-state index contributed by atoms with van der Waals surface area (Å²) in [6.45, 7) is 1.55. The summed E-state index contributed by atoms with van der Waals surface area (Å²) < 4.78 is 59.4. The maximum atomic E-state index is 12.9. The van der Waals surface area contributed by atoms with Crippen molar-refractivity contribution in [3.8, 4) is 5.75 Å². The third-order valence-electron chi connectivity index (χ3n) is 5.30. The van der Waals surface area contributed by atoms with E-state index in [0.717, 1.165) is 16.1 Å². The summed E-state index contributed by atoms with van der Waals surface area (Å²) in [6.07, 6.45) is -0.105. The van der Waals surface area contributed by atoms with Crippen molar-refractivity contribution in [2.24, 2.45) is 0 Å². The number of fused-ring (bicyclic) bond motifs is 1. The molecule has 3 aromatic carbocycles. The van der Waals surface area contributed by atoms with E-state index in [-0.39, 0.29) is 22.9 Å². The van der Waals surface area contributed by atoms with Gasteiger partial charge in [0.1, 0.15) is 5.75 Å². The Morgan fingerprint density at radius 1 is 1.03 bits per heavy atom. The molecule has 0 aliphatic carbocycles. The fourth-order valence-electron chi connectivity index (χ4n) is 3.51. The maximum absolute atomic E-state index is 12.9. The average Bonchev–Trinajstić information content (AvgIpc) is 2.79. The van der Waals surface area contributed by atoms with Gasteiger partial charge in [0, 0.05) is 10.7 Å². The van der Waals surface area contributed by atoms with Crippen molar-refractivity contribution in [3.63, 3.8) is 0 Å². The molecule has 1 aliphatic heterocycles. The molecule has 0 radical (unpaired) electrons. The molecule has 0 fully saturated rings. The molecule has 12 heteroatoms. The van der Waals surface area contributed by atoms with Gasteiger partial charge in [-0.3, -0.25) is 13.8 Å². The van der Waals surface area contributed by atoms with E-state index in [1.807, 2.05) is 6.07 Å². The molecule has 1 amide bonds. The molecule has 184 valence electrons. The lowest BCUT2D eigenvalue weighted by Gasteiger charge is -2.34. The van der Waals surface area contributed by atoms with Gasteiger partial charge in [-0.1, -0.05) is 29.8 Å². The SMILES string of the molecule is Cc1ccccc1NS(=O)(=O)c1ccc(NC(=O)C2CN(S(C)(=O)=O)c3cc(Cl)ccc3O2)cc1. The normalized spacial score (nSPS) is 15.6. The molecule has 0 bridgehead atoms. The highest BCUT2D eigenvalue weighted by molar-refractivity contribution is 7.92. The minimum atomic E-state index is -3.83. The van der Waals surface area contributed by atoms with Crippen LogP contribution in [-0.4, -0.2) is 41.6 Å². The summed E-state index contributed by atoms with van der Waals surface area (Å²) in [5, 5.41) is 2.97. The average molecular weight is 536 g/mol. The van der Waals surface area contributed by atoms with Crippen LogP contribution in [0.15, 0.2) is 71.6 Å². The van der Waals surface area contributed by atoms with Crippen molar-refractivity contribution in [1.82, 2.24) is 0 Å². The molecule has 3 aromatic rings. The zero-order valence-corrected chi connectivity index (χ0v) is 21.1. The van der Waals surface area contributed by atoms with Gasteiger partial charge in [-0.2, -0.15) is 0 Å². The number of ether oxygens (including phenoxy) is 1. The van der Waals surface area contributed by atoms with E-state index < -0.39 is 32.1 Å². The molecule has 0 spiro atoms. The number of rotatable bonds is 6. The van der Waals surface area contributed by atoms with Gasteiger partial charge in [0.25, 0.3) is 15.9 Å². The zero-order chi connectivity index (χ0) is 25.4. The second kappa shape index (κ2) is 9.40. The van der Waals surface area contributed by atoms with Crippen molar-refractivity contribution in [1.29, 1.82) is 0 Å². The van der Waals surface area contributed by atoms with Crippen LogP contribution in [0.5, 0.6) is 5.75 Å². The number of amides is 1. The van der Waals surface area contributed by atoms with Crippen molar-refractivity contribution in [2.75, 3.05) is 27.1 Å². The minimum absolute atomic E-state index is 0.0155. The number of nitrogens with one attached hydrogen (secondary N) is 2. The number of hydrogen-bond acceptors (Lipinski definition) is 6. The van der Waals surface area contributed by atoms with Crippen LogP contribution in [0, 0.1) is 6.92 Å². The van der Waals surface area contributed by atoms with E-state index in [9.17, 15) is 21.6 Å². The molecule has 1 atom stereocenters. The third-order valence-corrected chi connectivity index (χ3v) is 8.07. The lowest BCUT2D eigenvalue weighted by molar-refractivity contribution is -0.122. The Hall–Kier alpha value is -3.28. The molecule has 0 aromatic heterocycles. The van der Waals surface area contributed by atoms with Crippen LogP contribution in [0.1, 0.15) is 5.56 Å². The Morgan fingerprint density at radius 3 is 2.37 bits per heavy atom. The van der Waals surface area contributed by atoms with E-state index in [1.54, 1.807) is 25.1 Å². The Morgan fingerprint density at radius 2 is 1.71 bits per heavy atom. The van der Waals surface area contributed by atoms with Crippen molar-refractivity contribution < 1.29 is 26.4 Å². The number of sulfonamides is 2. The third kappa shape index (κ3) is 5.53. The lowest BCUT2D eigenvalue weighted by atomic mass is 10.2. The maximum Gasteiger partial charge on any atom is 0.267 e.